The normalized spacial score (nSPS) is 17.1. The van der Waals surface area contributed by atoms with Crippen LogP contribution >= 0.6 is 0 Å². The number of amides is 1. The fourth-order valence-corrected chi connectivity index (χ4v) is 5.59. The molecule has 0 aliphatic carbocycles. The van der Waals surface area contributed by atoms with Gasteiger partial charge in [-0.15, -0.1) is 5.10 Å². The van der Waals surface area contributed by atoms with E-state index in [9.17, 15) is 27.2 Å². The van der Waals surface area contributed by atoms with Gasteiger partial charge in [0.1, 0.15) is 5.69 Å². The van der Waals surface area contributed by atoms with Gasteiger partial charge in [-0.2, -0.15) is 13.9 Å². The fraction of sp³-hybridized carbons (Fsp3) is 0.290. The molecule has 0 unspecified atom stereocenters. The lowest BCUT2D eigenvalue weighted by Crippen LogP contribution is -2.26. The third-order valence-corrected chi connectivity index (χ3v) is 7.93. The zero-order chi connectivity index (χ0) is 31.8. The number of rotatable bonds is 5. The van der Waals surface area contributed by atoms with Gasteiger partial charge in [-0.25, -0.2) is 23.1 Å². The van der Waals surface area contributed by atoms with E-state index in [0.29, 0.717) is 52.0 Å². The molecule has 1 amide bonds. The van der Waals surface area contributed by atoms with Crippen molar-refractivity contribution in [2.24, 2.45) is 5.92 Å². The van der Waals surface area contributed by atoms with Crippen molar-refractivity contribution >= 4 is 11.6 Å². The second-order valence-corrected chi connectivity index (χ2v) is 11.0. The summed E-state index contributed by atoms with van der Waals surface area (Å²) >= 11 is 0. The van der Waals surface area contributed by atoms with Crippen molar-refractivity contribution in [1.82, 2.24) is 34.3 Å². The molecule has 1 aliphatic rings. The minimum Gasteiger partial charge on any atom is -0.323 e. The van der Waals surface area contributed by atoms with Gasteiger partial charge in [0.05, 0.1) is 47.5 Å². The second kappa shape index (κ2) is 12.1. The molecule has 2 bridgehead atoms. The van der Waals surface area contributed by atoms with Gasteiger partial charge in [-0.3, -0.25) is 14.2 Å². The van der Waals surface area contributed by atoms with Crippen LogP contribution in [0.15, 0.2) is 72.0 Å². The molecule has 0 radical (unpaired) electrons. The van der Waals surface area contributed by atoms with Crippen molar-refractivity contribution in [3.63, 3.8) is 0 Å². The third-order valence-electron chi connectivity index (χ3n) is 7.93. The van der Waals surface area contributed by atoms with Crippen molar-refractivity contribution in [2.45, 2.75) is 52.1 Å². The largest absolute Gasteiger partial charge is 0.333 e. The number of hydrogen-bond donors (Lipinski definition) is 1. The first-order valence-electron chi connectivity index (χ1n) is 14.3. The Morgan fingerprint density at radius 1 is 1.02 bits per heavy atom. The van der Waals surface area contributed by atoms with E-state index in [-0.39, 0.29) is 22.8 Å². The molecule has 2 aromatic carbocycles. The highest BCUT2D eigenvalue weighted by atomic mass is 19.3. The topological polar surface area (TPSA) is 113 Å². The summed E-state index contributed by atoms with van der Waals surface area (Å²) in [6.45, 7) is 0.666. The highest BCUT2D eigenvalue weighted by molar-refractivity contribution is 5.95. The van der Waals surface area contributed by atoms with Crippen LogP contribution in [-0.2, 0) is 4.79 Å². The maximum absolute atomic E-state index is 13.9. The molecular weight excluding hydrogens is 592 g/mol. The molecule has 6 rings (SSSR count). The molecule has 14 heteroatoms. The maximum Gasteiger partial charge on any atom is 0.333 e. The number of fused-ring (bicyclic) bond motifs is 4. The van der Waals surface area contributed by atoms with E-state index in [4.69, 9.17) is 0 Å². The molecule has 3 aromatic heterocycles. The Bertz CT molecular complexity index is 1930. The number of nitrogens with zero attached hydrogens (tertiary/aromatic N) is 7. The Balaban J connectivity index is 1.43. The number of halogens is 4. The van der Waals surface area contributed by atoms with E-state index < -0.39 is 30.6 Å². The molecule has 0 saturated heterocycles. The Morgan fingerprint density at radius 2 is 1.84 bits per heavy atom. The summed E-state index contributed by atoms with van der Waals surface area (Å²) < 4.78 is 57.5. The first-order chi connectivity index (χ1) is 21.6. The summed E-state index contributed by atoms with van der Waals surface area (Å²) in [5.41, 5.74) is 2.53. The standard InChI is InChI=1S/C31H28F4N8O2/c1-17-9-10-26(42-15-24(29(32)33)39-40-42)21(11-17)22-13-27(44)41(16-36-22)25-8-3-5-18(2)30(45)38-23-14-37-43(31(34)35)28(23)20-7-4-6-19(25)12-20/h4,6-7,9-16,18,25,29,31H,3,5,8H2,1-2H3,(H,38,45)/t18-,25+/m1/s1. The minimum atomic E-state index is -2.94. The number of hydrogen-bond acceptors (Lipinski definition) is 6. The van der Waals surface area contributed by atoms with E-state index >= 15 is 0 Å². The molecule has 1 N–H and O–H groups in total. The number of aromatic nitrogens is 7. The lowest BCUT2D eigenvalue weighted by Gasteiger charge is -2.23. The van der Waals surface area contributed by atoms with Gasteiger partial charge < -0.3 is 5.32 Å². The predicted molar refractivity (Wildman–Crippen MR) is 157 cm³/mol. The van der Waals surface area contributed by atoms with Crippen molar-refractivity contribution in [3.8, 4) is 28.2 Å². The van der Waals surface area contributed by atoms with E-state index in [1.807, 2.05) is 13.0 Å². The number of anilines is 1. The highest BCUT2D eigenvalue weighted by Gasteiger charge is 2.26. The highest BCUT2D eigenvalue weighted by Crippen LogP contribution is 2.36. The van der Waals surface area contributed by atoms with E-state index in [1.54, 1.807) is 43.3 Å². The number of benzene rings is 2. The number of carbonyl (C=O) groups is 1. The molecule has 5 aromatic rings. The summed E-state index contributed by atoms with van der Waals surface area (Å²) in [6.07, 6.45) is 2.51. The first kappa shape index (κ1) is 29.9. The van der Waals surface area contributed by atoms with Crippen LogP contribution in [0, 0.1) is 12.8 Å². The maximum atomic E-state index is 13.9. The molecule has 45 heavy (non-hydrogen) atoms. The van der Waals surface area contributed by atoms with E-state index in [0.717, 1.165) is 11.8 Å². The van der Waals surface area contributed by atoms with Crippen LogP contribution in [0.2, 0.25) is 0 Å². The fourth-order valence-electron chi connectivity index (χ4n) is 5.59. The third kappa shape index (κ3) is 5.87. The number of carbonyl (C=O) groups excluding carboxylic acids is 1. The monoisotopic (exact) mass is 620 g/mol. The molecule has 10 nitrogen and oxygen atoms in total. The summed E-state index contributed by atoms with van der Waals surface area (Å²) in [5, 5.41) is 13.9. The minimum absolute atomic E-state index is 0.0580. The molecular formula is C31H28F4N8O2. The Morgan fingerprint density at radius 3 is 2.58 bits per heavy atom. The van der Waals surface area contributed by atoms with Crippen LogP contribution in [0.25, 0.3) is 28.2 Å². The van der Waals surface area contributed by atoms with Gasteiger partial charge in [0, 0.05) is 23.1 Å². The molecule has 0 fully saturated rings. The molecule has 4 heterocycles. The summed E-state index contributed by atoms with van der Waals surface area (Å²) in [6, 6.07) is 13.0. The summed E-state index contributed by atoms with van der Waals surface area (Å²) in [7, 11) is 0. The molecule has 232 valence electrons. The van der Waals surface area contributed by atoms with Gasteiger partial charge in [-0.1, -0.05) is 48.4 Å². The Hall–Kier alpha value is -5.14. The molecule has 0 saturated carbocycles. The average molecular weight is 621 g/mol. The number of aryl methyl sites for hydroxylation is 1. The van der Waals surface area contributed by atoms with Gasteiger partial charge in [0.2, 0.25) is 5.91 Å². The SMILES string of the molecule is Cc1ccc(-n2cc(C(F)F)nn2)c(-c2cc(=O)n([C@H]3CCC[C@@H](C)C(=O)Nc4cnn(C(F)F)c4-c4cccc3c4)cn2)c1. The number of nitrogens with one attached hydrogen (secondary N) is 1. The molecule has 1 aliphatic heterocycles. The van der Waals surface area contributed by atoms with Crippen LogP contribution < -0.4 is 10.9 Å². The van der Waals surface area contributed by atoms with E-state index in [1.165, 1.54) is 27.8 Å². The Kier molecular flexibility index (Phi) is 8.04. The summed E-state index contributed by atoms with van der Waals surface area (Å²) in [4.78, 5) is 31.2. The van der Waals surface area contributed by atoms with Gasteiger partial charge in [-0.05, 0) is 43.5 Å². The first-order valence-corrected chi connectivity index (χ1v) is 14.3. The van der Waals surface area contributed by atoms with Crippen molar-refractivity contribution in [1.29, 1.82) is 0 Å². The average Bonchev–Trinajstić information content (AvgIpc) is 3.67. The van der Waals surface area contributed by atoms with Gasteiger partial charge in [0.15, 0.2) is 0 Å². The lowest BCUT2D eigenvalue weighted by atomic mass is 9.94. The van der Waals surface area contributed by atoms with Crippen LogP contribution in [-0.4, -0.2) is 40.2 Å². The van der Waals surface area contributed by atoms with Crippen LogP contribution in [0.4, 0.5) is 23.2 Å². The zero-order valence-corrected chi connectivity index (χ0v) is 24.2. The predicted octanol–water partition coefficient (Wildman–Crippen LogP) is 6.34. The van der Waals surface area contributed by atoms with Crippen LogP contribution in [0.5, 0.6) is 0 Å². The molecule has 2 atom stereocenters. The van der Waals surface area contributed by atoms with Crippen molar-refractivity contribution < 1.29 is 22.4 Å². The quantitative estimate of drug-likeness (QED) is 0.230. The van der Waals surface area contributed by atoms with Crippen molar-refractivity contribution in [3.05, 3.63) is 94.4 Å². The van der Waals surface area contributed by atoms with E-state index in [2.05, 4.69) is 25.7 Å². The van der Waals surface area contributed by atoms with Gasteiger partial charge in [0.25, 0.3) is 12.0 Å². The second-order valence-electron chi connectivity index (χ2n) is 11.0. The zero-order valence-electron chi connectivity index (χ0n) is 24.2. The summed E-state index contributed by atoms with van der Waals surface area (Å²) in [5.74, 6) is -0.742. The van der Waals surface area contributed by atoms with Crippen LogP contribution in [0.1, 0.15) is 62.0 Å². The van der Waals surface area contributed by atoms with Crippen LogP contribution in [0.3, 0.4) is 0 Å². The van der Waals surface area contributed by atoms with Gasteiger partial charge >= 0.3 is 6.55 Å². The lowest BCUT2D eigenvalue weighted by molar-refractivity contribution is -0.119. The smallest absolute Gasteiger partial charge is 0.323 e. The molecule has 0 spiro atoms. The number of alkyl halides is 4. The van der Waals surface area contributed by atoms with Crippen molar-refractivity contribution in [2.75, 3.05) is 5.32 Å². The Labute approximate surface area is 254 Å².